The van der Waals surface area contributed by atoms with E-state index in [9.17, 15) is 8.42 Å². The lowest BCUT2D eigenvalue weighted by Crippen LogP contribution is -2.34. The quantitative estimate of drug-likeness (QED) is 0.840. The average molecular weight is 319 g/mol. The van der Waals surface area contributed by atoms with Gasteiger partial charge in [-0.25, -0.2) is 8.42 Å². The van der Waals surface area contributed by atoms with Crippen molar-refractivity contribution in [3.05, 3.63) is 40.4 Å². The Morgan fingerprint density at radius 3 is 2.59 bits per heavy atom. The SMILES string of the molecule is CCCC1=C(S(=O)(=O)c2ccc(C)cc2)CC[C@@H]2CCCN12. The Balaban J connectivity index is 2.06. The zero-order valence-corrected chi connectivity index (χ0v) is 14.3. The molecule has 2 aliphatic rings. The van der Waals surface area contributed by atoms with E-state index in [2.05, 4.69) is 11.8 Å². The summed E-state index contributed by atoms with van der Waals surface area (Å²) in [6.45, 7) is 5.13. The van der Waals surface area contributed by atoms with Crippen LogP contribution in [0.15, 0.2) is 39.8 Å². The van der Waals surface area contributed by atoms with Gasteiger partial charge in [-0.1, -0.05) is 31.0 Å². The Labute approximate surface area is 133 Å². The molecule has 1 saturated heterocycles. The fourth-order valence-corrected chi connectivity index (χ4v) is 5.46. The highest BCUT2D eigenvalue weighted by Gasteiger charge is 2.36. The van der Waals surface area contributed by atoms with Gasteiger partial charge in [-0.3, -0.25) is 0 Å². The van der Waals surface area contributed by atoms with Crippen molar-refractivity contribution in [2.45, 2.75) is 63.3 Å². The van der Waals surface area contributed by atoms with Crippen molar-refractivity contribution in [1.82, 2.24) is 4.90 Å². The number of hydrogen-bond acceptors (Lipinski definition) is 3. The summed E-state index contributed by atoms with van der Waals surface area (Å²) in [6.07, 6.45) is 5.95. The van der Waals surface area contributed by atoms with Crippen molar-refractivity contribution < 1.29 is 8.42 Å². The van der Waals surface area contributed by atoms with Gasteiger partial charge in [0.1, 0.15) is 0 Å². The van der Waals surface area contributed by atoms with Crippen molar-refractivity contribution in [3.63, 3.8) is 0 Å². The summed E-state index contributed by atoms with van der Waals surface area (Å²) in [6, 6.07) is 7.83. The second kappa shape index (κ2) is 6.07. The first kappa shape index (κ1) is 15.6. The highest BCUT2D eigenvalue weighted by Crippen LogP contribution is 2.39. The van der Waals surface area contributed by atoms with Crippen molar-refractivity contribution in [2.75, 3.05) is 6.54 Å². The van der Waals surface area contributed by atoms with Gasteiger partial charge in [0, 0.05) is 18.3 Å². The monoisotopic (exact) mass is 319 g/mol. The van der Waals surface area contributed by atoms with E-state index in [4.69, 9.17) is 0 Å². The van der Waals surface area contributed by atoms with Gasteiger partial charge in [0.2, 0.25) is 9.84 Å². The molecule has 1 aromatic rings. The van der Waals surface area contributed by atoms with Crippen LogP contribution < -0.4 is 0 Å². The molecule has 4 heteroatoms. The van der Waals surface area contributed by atoms with E-state index < -0.39 is 9.84 Å². The van der Waals surface area contributed by atoms with Crippen LogP contribution in [0.25, 0.3) is 0 Å². The summed E-state index contributed by atoms with van der Waals surface area (Å²) in [5.74, 6) is 0. The van der Waals surface area contributed by atoms with Crippen LogP contribution in [0.1, 0.15) is 51.0 Å². The number of aryl methyl sites for hydroxylation is 1. The fourth-order valence-electron chi connectivity index (χ4n) is 3.76. The average Bonchev–Trinajstić information content (AvgIpc) is 2.97. The summed E-state index contributed by atoms with van der Waals surface area (Å²) in [4.78, 5) is 3.50. The number of rotatable bonds is 4. The number of sulfone groups is 1. The van der Waals surface area contributed by atoms with Crippen LogP contribution in [0.3, 0.4) is 0 Å². The summed E-state index contributed by atoms with van der Waals surface area (Å²) in [5, 5.41) is 0. The minimum atomic E-state index is -3.35. The number of allylic oxidation sites excluding steroid dienone is 2. The molecule has 1 atom stereocenters. The molecule has 0 unspecified atom stereocenters. The number of benzene rings is 1. The van der Waals surface area contributed by atoms with Gasteiger partial charge < -0.3 is 4.90 Å². The van der Waals surface area contributed by atoms with E-state index in [1.807, 2.05) is 19.1 Å². The lowest BCUT2D eigenvalue weighted by molar-refractivity contribution is 0.275. The Bertz CT molecular complexity index is 674. The Hall–Kier alpha value is -1.29. The number of nitrogens with zero attached hydrogens (tertiary/aromatic N) is 1. The lowest BCUT2D eigenvalue weighted by atomic mass is 10.0. The predicted octanol–water partition coefficient (Wildman–Crippen LogP) is 4.04. The third-order valence-corrected chi connectivity index (χ3v) is 6.87. The van der Waals surface area contributed by atoms with Crippen molar-refractivity contribution in [1.29, 1.82) is 0 Å². The molecule has 0 aromatic heterocycles. The molecular formula is C18H25NO2S. The third kappa shape index (κ3) is 2.69. The molecule has 0 saturated carbocycles. The van der Waals surface area contributed by atoms with Gasteiger partial charge in [-0.15, -0.1) is 0 Å². The number of hydrogen-bond donors (Lipinski definition) is 0. The van der Waals surface area contributed by atoms with Crippen LogP contribution in [0.2, 0.25) is 0 Å². The maximum Gasteiger partial charge on any atom is 0.204 e. The second-order valence-electron chi connectivity index (χ2n) is 6.46. The highest BCUT2D eigenvalue weighted by molar-refractivity contribution is 7.95. The Morgan fingerprint density at radius 2 is 1.91 bits per heavy atom. The zero-order valence-electron chi connectivity index (χ0n) is 13.5. The van der Waals surface area contributed by atoms with Crippen LogP contribution in [-0.4, -0.2) is 25.9 Å². The molecule has 0 bridgehead atoms. The first-order valence-electron chi connectivity index (χ1n) is 8.34. The van der Waals surface area contributed by atoms with E-state index in [0.29, 0.717) is 22.3 Å². The van der Waals surface area contributed by atoms with Crippen LogP contribution >= 0.6 is 0 Å². The molecule has 2 aliphatic heterocycles. The van der Waals surface area contributed by atoms with Gasteiger partial charge in [0.25, 0.3) is 0 Å². The fraction of sp³-hybridized carbons (Fsp3) is 0.556. The van der Waals surface area contributed by atoms with Crippen LogP contribution in [0.5, 0.6) is 0 Å². The second-order valence-corrected chi connectivity index (χ2v) is 8.44. The highest BCUT2D eigenvalue weighted by atomic mass is 32.2. The first-order chi connectivity index (χ1) is 10.5. The summed E-state index contributed by atoms with van der Waals surface area (Å²) >= 11 is 0. The van der Waals surface area contributed by atoms with Gasteiger partial charge in [0.15, 0.2) is 0 Å². The van der Waals surface area contributed by atoms with E-state index in [-0.39, 0.29) is 0 Å². The molecule has 3 nitrogen and oxygen atoms in total. The summed E-state index contributed by atoms with van der Waals surface area (Å²) < 4.78 is 26.2. The van der Waals surface area contributed by atoms with E-state index in [1.54, 1.807) is 12.1 Å². The van der Waals surface area contributed by atoms with Gasteiger partial charge in [0.05, 0.1) is 9.80 Å². The smallest absolute Gasteiger partial charge is 0.204 e. The predicted molar refractivity (Wildman–Crippen MR) is 89.3 cm³/mol. The molecule has 22 heavy (non-hydrogen) atoms. The van der Waals surface area contributed by atoms with Crippen LogP contribution in [0.4, 0.5) is 0 Å². The molecule has 120 valence electrons. The topological polar surface area (TPSA) is 37.4 Å². The Kier molecular flexibility index (Phi) is 4.31. The molecule has 0 spiro atoms. The van der Waals surface area contributed by atoms with Gasteiger partial charge in [-0.05, 0) is 51.2 Å². The molecule has 2 heterocycles. The third-order valence-electron chi connectivity index (χ3n) is 4.89. The minimum Gasteiger partial charge on any atom is -0.371 e. The molecule has 0 radical (unpaired) electrons. The standard InChI is InChI=1S/C18H25NO2S/c1-3-5-17-18(12-9-15-6-4-13-19(15)17)22(20,21)16-10-7-14(2)8-11-16/h7-8,10-11,15H,3-6,9,12-13H2,1-2H3/t15-/m0/s1. The molecule has 0 aliphatic carbocycles. The normalized spacial score (nSPS) is 22.1. The molecule has 1 fully saturated rings. The molecular weight excluding hydrogens is 294 g/mol. The largest absolute Gasteiger partial charge is 0.371 e. The molecule has 0 amide bonds. The summed E-state index contributed by atoms with van der Waals surface area (Å²) in [7, 11) is -3.35. The molecule has 1 aromatic carbocycles. The van der Waals surface area contributed by atoms with E-state index >= 15 is 0 Å². The minimum absolute atomic E-state index is 0.444. The molecule has 3 rings (SSSR count). The lowest BCUT2D eigenvalue weighted by Gasteiger charge is -2.36. The number of fused-ring (bicyclic) bond motifs is 1. The maximum atomic E-state index is 13.1. The van der Waals surface area contributed by atoms with Crippen molar-refractivity contribution >= 4 is 9.84 Å². The molecule has 0 N–H and O–H groups in total. The van der Waals surface area contributed by atoms with Crippen LogP contribution in [0, 0.1) is 6.92 Å². The zero-order chi connectivity index (χ0) is 15.7. The van der Waals surface area contributed by atoms with Crippen molar-refractivity contribution in [3.8, 4) is 0 Å². The van der Waals surface area contributed by atoms with Crippen LogP contribution in [-0.2, 0) is 9.84 Å². The van der Waals surface area contributed by atoms with Gasteiger partial charge >= 0.3 is 0 Å². The first-order valence-corrected chi connectivity index (χ1v) is 9.82. The Morgan fingerprint density at radius 1 is 1.18 bits per heavy atom. The summed E-state index contributed by atoms with van der Waals surface area (Å²) in [5.41, 5.74) is 2.18. The van der Waals surface area contributed by atoms with Crippen molar-refractivity contribution in [2.24, 2.45) is 0 Å². The van der Waals surface area contributed by atoms with E-state index in [0.717, 1.165) is 37.1 Å². The van der Waals surface area contributed by atoms with E-state index in [1.165, 1.54) is 12.8 Å². The maximum absolute atomic E-state index is 13.1. The van der Waals surface area contributed by atoms with Gasteiger partial charge in [-0.2, -0.15) is 0 Å².